The lowest BCUT2D eigenvalue weighted by atomic mass is 10.0. The topological polar surface area (TPSA) is 122 Å². The van der Waals surface area contributed by atoms with Crippen LogP contribution >= 0.6 is 0 Å². The molecule has 0 bridgehead atoms. The number of carbonyl (C=O) groups excluding carboxylic acids is 2. The van der Waals surface area contributed by atoms with Gasteiger partial charge in [0.05, 0.1) is 12.6 Å². The van der Waals surface area contributed by atoms with Crippen LogP contribution in [0.5, 0.6) is 0 Å². The second-order valence-corrected chi connectivity index (χ2v) is 7.42. The summed E-state index contributed by atoms with van der Waals surface area (Å²) in [7, 11) is 0. The average Bonchev–Trinajstić information content (AvgIpc) is 3.15. The lowest BCUT2D eigenvalue weighted by Gasteiger charge is -2.27. The molecule has 28 heavy (non-hydrogen) atoms. The van der Waals surface area contributed by atoms with E-state index in [1.807, 2.05) is 0 Å². The van der Waals surface area contributed by atoms with E-state index in [1.54, 1.807) is 13.8 Å². The molecule has 1 aliphatic heterocycles. The largest absolute Gasteiger partial charge is 0.480 e. The van der Waals surface area contributed by atoms with Crippen molar-refractivity contribution in [2.75, 3.05) is 19.7 Å². The number of likely N-dealkylation sites (tertiary alicyclic amines) is 1. The first-order valence-electron chi connectivity index (χ1n) is 10.6. The molecule has 1 rings (SSSR count). The van der Waals surface area contributed by atoms with Gasteiger partial charge in [0.25, 0.3) is 0 Å². The first-order chi connectivity index (χ1) is 13.4. The van der Waals surface area contributed by atoms with Gasteiger partial charge in [-0.1, -0.05) is 32.1 Å². The summed E-state index contributed by atoms with van der Waals surface area (Å²) in [6.45, 7) is 4.88. The quantitative estimate of drug-likeness (QED) is 0.300. The minimum Gasteiger partial charge on any atom is -0.480 e. The van der Waals surface area contributed by atoms with Gasteiger partial charge in [-0.25, -0.2) is 4.79 Å². The van der Waals surface area contributed by atoms with Crippen molar-refractivity contribution in [3.05, 3.63) is 0 Å². The number of hydrogen-bond donors (Lipinski definition) is 3. The number of hydrogen-bond acceptors (Lipinski definition) is 6. The van der Waals surface area contributed by atoms with E-state index in [4.69, 9.17) is 10.5 Å². The molecule has 0 aromatic heterocycles. The van der Waals surface area contributed by atoms with Gasteiger partial charge in [-0.05, 0) is 46.1 Å². The van der Waals surface area contributed by atoms with E-state index in [1.165, 1.54) is 4.90 Å². The number of carboxylic acid groups (broad SMARTS) is 1. The number of carboxylic acids is 1. The third kappa shape index (κ3) is 8.14. The van der Waals surface area contributed by atoms with Crippen LogP contribution in [-0.2, 0) is 19.1 Å². The number of carbonyl (C=O) groups is 3. The zero-order chi connectivity index (χ0) is 20.9. The summed E-state index contributed by atoms with van der Waals surface area (Å²) in [6, 6.07) is -1.97. The SMILES string of the molecule is CCOC(=O)C(CCCCCCCCN)N[C@@H](C)C(=O)N1CCC[C@H]1C(=O)O. The summed E-state index contributed by atoms with van der Waals surface area (Å²) in [5.74, 6) is -1.61. The first kappa shape index (κ1) is 24.4. The molecule has 0 aliphatic carbocycles. The van der Waals surface area contributed by atoms with E-state index < -0.39 is 24.1 Å². The fourth-order valence-corrected chi connectivity index (χ4v) is 3.62. The number of nitrogens with two attached hydrogens (primary N) is 1. The zero-order valence-electron chi connectivity index (χ0n) is 17.3. The molecule has 0 radical (unpaired) electrons. The number of rotatable bonds is 14. The Morgan fingerprint density at radius 3 is 2.43 bits per heavy atom. The number of nitrogens with one attached hydrogen (secondary N) is 1. The zero-order valence-corrected chi connectivity index (χ0v) is 17.3. The summed E-state index contributed by atoms with van der Waals surface area (Å²) in [6.07, 6.45) is 8.02. The molecule has 1 amide bonds. The van der Waals surface area contributed by atoms with E-state index in [9.17, 15) is 19.5 Å². The predicted molar refractivity (Wildman–Crippen MR) is 107 cm³/mol. The summed E-state index contributed by atoms with van der Waals surface area (Å²) in [5.41, 5.74) is 5.49. The second-order valence-electron chi connectivity index (χ2n) is 7.42. The molecule has 1 unspecified atom stereocenters. The van der Waals surface area contributed by atoms with Gasteiger partial charge in [-0.2, -0.15) is 0 Å². The maximum atomic E-state index is 12.7. The molecule has 0 spiro atoms. The molecule has 0 aromatic carbocycles. The van der Waals surface area contributed by atoms with E-state index in [-0.39, 0.29) is 18.5 Å². The van der Waals surface area contributed by atoms with Gasteiger partial charge < -0.3 is 20.5 Å². The highest BCUT2D eigenvalue weighted by Crippen LogP contribution is 2.19. The monoisotopic (exact) mass is 399 g/mol. The summed E-state index contributed by atoms with van der Waals surface area (Å²) < 4.78 is 5.15. The highest BCUT2D eigenvalue weighted by molar-refractivity contribution is 5.88. The molecule has 1 saturated heterocycles. The molecule has 1 heterocycles. The second kappa shape index (κ2) is 13.5. The molecule has 1 aliphatic rings. The van der Waals surface area contributed by atoms with Gasteiger partial charge in [-0.3, -0.25) is 14.9 Å². The van der Waals surface area contributed by atoms with Gasteiger partial charge in [0.15, 0.2) is 0 Å². The fraction of sp³-hybridized carbons (Fsp3) is 0.850. The van der Waals surface area contributed by atoms with E-state index in [2.05, 4.69) is 5.32 Å². The predicted octanol–water partition coefficient (Wildman–Crippen LogP) is 1.66. The van der Waals surface area contributed by atoms with E-state index >= 15 is 0 Å². The summed E-state index contributed by atoms with van der Waals surface area (Å²) >= 11 is 0. The van der Waals surface area contributed by atoms with Crippen molar-refractivity contribution >= 4 is 17.8 Å². The van der Waals surface area contributed by atoms with Crippen LogP contribution in [0.25, 0.3) is 0 Å². The Morgan fingerprint density at radius 2 is 1.82 bits per heavy atom. The van der Waals surface area contributed by atoms with Crippen molar-refractivity contribution in [3.63, 3.8) is 0 Å². The Balaban J connectivity index is 2.53. The van der Waals surface area contributed by atoms with Crippen molar-refractivity contribution in [2.24, 2.45) is 5.73 Å². The Kier molecular flexibility index (Phi) is 11.7. The van der Waals surface area contributed by atoms with Crippen LogP contribution in [0.4, 0.5) is 0 Å². The number of ether oxygens (including phenoxy) is 1. The van der Waals surface area contributed by atoms with Crippen molar-refractivity contribution in [3.8, 4) is 0 Å². The number of amides is 1. The maximum absolute atomic E-state index is 12.7. The van der Waals surface area contributed by atoms with Crippen molar-refractivity contribution < 1.29 is 24.2 Å². The van der Waals surface area contributed by atoms with Crippen LogP contribution in [0.3, 0.4) is 0 Å². The Hall–Kier alpha value is -1.67. The first-order valence-corrected chi connectivity index (χ1v) is 10.6. The fourth-order valence-electron chi connectivity index (χ4n) is 3.62. The molecular weight excluding hydrogens is 362 g/mol. The van der Waals surface area contributed by atoms with Crippen molar-refractivity contribution in [1.29, 1.82) is 0 Å². The molecule has 0 aromatic rings. The van der Waals surface area contributed by atoms with Crippen LogP contribution < -0.4 is 11.1 Å². The van der Waals surface area contributed by atoms with Crippen LogP contribution in [-0.4, -0.2) is 65.7 Å². The van der Waals surface area contributed by atoms with Crippen LogP contribution in [0.2, 0.25) is 0 Å². The molecule has 8 heteroatoms. The third-order valence-corrected chi connectivity index (χ3v) is 5.16. The molecule has 3 atom stereocenters. The van der Waals surface area contributed by atoms with Gasteiger partial charge in [0.1, 0.15) is 12.1 Å². The smallest absolute Gasteiger partial charge is 0.326 e. The highest BCUT2D eigenvalue weighted by atomic mass is 16.5. The minimum absolute atomic E-state index is 0.277. The number of esters is 1. The van der Waals surface area contributed by atoms with Crippen molar-refractivity contribution in [1.82, 2.24) is 10.2 Å². The Bertz CT molecular complexity index is 500. The molecule has 1 fully saturated rings. The maximum Gasteiger partial charge on any atom is 0.326 e. The van der Waals surface area contributed by atoms with Gasteiger partial charge in [0.2, 0.25) is 5.91 Å². The van der Waals surface area contributed by atoms with E-state index in [0.29, 0.717) is 25.8 Å². The standard InChI is InChI=1S/C20H37N3O5/c1-3-28-20(27)16(11-8-6-4-5-7-9-13-21)22-15(2)18(24)23-14-10-12-17(23)19(25)26/h15-17,22H,3-14,21H2,1-2H3,(H,25,26)/t15-,16?,17-/m0/s1. The third-order valence-electron chi connectivity index (χ3n) is 5.16. The Morgan fingerprint density at radius 1 is 1.18 bits per heavy atom. The summed E-state index contributed by atoms with van der Waals surface area (Å²) in [4.78, 5) is 37.7. The minimum atomic E-state index is -0.977. The summed E-state index contributed by atoms with van der Waals surface area (Å²) in [5, 5.41) is 12.4. The molecular formula is C20H37N3O5. The normalized spacial score (nSPS) is 18.7. The van der Waals surface area contributed by atoms with Crippen LogP contribution in [0.1, 0.15) is 71.6 Å². The molecule has 162 valence electrons. The number of unbranched alkanes of at least 4 members (excludes halogenated alkanes) is 5. The lowest BCUT2D eigenvalue weighted by Crippen LogP contribution is -2.53. The highest BCUT2D eigenvalue weighted by Gasteiger charge is 2.36. The van der Waals surface area contributed by atoms with Gasteiger partial charge in [0, 0.05) is 6.54 Å². The van der Waals surface area contributed by atoms with Crippen LogP contribution in [0, 0.1) is 0 Å². The molecule has 8 nitrogen and oxygen atoms in total. The van der Waals surface area contributed by atoms with E-state index in [0.717, 1.165) is 45.1 Å². The number of aliphatic carboxylic acids is 1. The number of nitrogens with zero attached hydrogens (tertiary/aromatic N) is 1. The van der Waals surface area contributed by atoms with Gasteiger partial charge in [-0.15, -0.1) is 0 Å². The molecule has 0 saturated carbocycles. The average molecular weight is 400 g/mol. The van der Waals surface area contributed by atoms with Crippen molar-refractivity contribution in [2.45, 2.75) is 89.8 Å². The van der Waals surface area contributed by atoms with Crippen LogP contribution in [0.15, 0.2) is 0 Å². The molecule has 4 N–H and O–H groups in total. The van der Waals surface area contributed by atoms with Gasteiger partial charge >= 0.3 is 11.9 Å². The lowest BCUT2D eigenvalue weighted by molar-refractivity contribution is -0.150. The Labute approximate surface area is 168 Å².